The zero-order valence-corrected chi connectivity index (χ0v) is 11.4. The van der Waals surface area contributed by atoms with Gasteiger partial charge in [-0.2, -0.15) is 0 Å². The Balaban J connectivity index is 2.11. The molecule has 4 heteroatoms. The molecule has 1 aromatic carbocycles. The van der Waals surface area contributed by atoms with E-state index in [9.17, 15) is 4.39 Å². The molecule has 0 bridgehead atoms. The standard InChI is InChI=1S/C17H12FN3/c1-21-15-4-6-20-10-13(15)17-14(18)7-12(8-16(17)21)11-3-2-5-19-9-11/h2-10H,1H3. The lowest BCUT2D eigenvalue weighted by molar-refractivity contribution is 0.641. The van der Waals surface area contributed by atoms with E-state index in [4.69, 9.17) is 0 Å². The third-order valence-corrected chi connectivity index (χ3v) is 3.85. The van der Waals surface area contributed by atoms with Crippen molar-refractivity contribution in [1.82, 2.24) is 14.5 Å². The summed E-state index contributed by atoms with van der Waals surface area (Å²) in [7, 11) is 1.94. The summed E-state index contributed by atoms with van der Waals surface area (Å²) in [5.74, 6) is -0.232. The molecule has 0 saturated heterocycles. The van der Waals surface area contributed by atoms with E-state index >= 15 is 0 Å². The van der Waals surface area contributed by atoms with Crippen LogP contribution in [-0.4, -0.2) is 14.5 Å². The van der Waals surface area contributed by atoms with Gasteiger partial charge in [-0.1, -0.05) is 6.07 Å². The maximum Gasteiger partial charge on any atom is 0.133 e. The third-order valence-electron chi connectivity index (χ3n) is 3.85. The topological polar surface area (TPSA) is 30.7 Å². The molecule has 0 amide bonds. The van der Waals surface area contributed by atoms with E-state index in [0.29, 0.717) is 5.39 Å². The van der Waals surface area contributed by atoms with E-state index in [1.807, 2.05) is 35.9 Å². The van der Waals surface area contributed by atoms with E-state index in [1.54, 1.807) is 30.9 Å². The largest absolute Gasteiger partial charge is 0.343 e. The first-order chi connectivity index (χ1) is 10.3. The van der Waals surface area contributed by atoms with Crippen LogP contribution in [0, 0.1) is 5.82 Å². The number of hydrogen-bond donors (Lipinski definition) is 0. The fourth-order valence-corrected chi connectivity index (χ4v) is 2.83. The normalized spacial score (nSPS) is 11.3. The summed E-state index contributed by atoms with van der Waals surface area (Å²) in [5.41, 5.74) is 3.56. The van der Waals surface area contributed by atoms with Gasteiger partial charge in [0.15, 0.2) is 0 Å². The van der Waals surface area contributed by atoms with E-state index in [-0.39, 0.29) is 5.82 Å². The molecule has 4 aromatic rings. The third kappa shape index (κ3) is 1.72. The monoisotopic (exact) mass is 277 g/mol. The van der Waals surface area contributed by atoms with Crippen LogP contribution in [0.1, 0.15) is 0 Å². The predicted octanol–water partition coefficient (Wildman–Crippen LogP) is 3.93. The van der Waals surface area contributed by atoms with Crippen LogP contribution in [-0.2, 0) is 7.05 Å². The Morgan fingerprint density at radius 3 is 2.62 bits per heavy atom. The molecular formula is C17H12FN3. The first kappa shape index (κ1) is 12.0. The van der Waals surface area contributed by atoms with Gasteiger partial charge < -0.3 is 4.57 Å². The van der Waals surface area contributed by atoms with Gasteiger partial charge in [-0.05, 0) is 29.8 Å². The second kappa shape index (κ2) is 4.38. The molecule has 0 aliphatic rings. The van der Waals surface area contributed by atoms with Crippen molar-refractivity contribution >= 4 is 21.8 Å². The molecule has 0 unspecified atom stereocenters. The summed E-state index contributed by atoms with van der Waals surface area (Å²) in [6.07, 6.45) is 6.89. The molecule has 3 heterocycles. The molecule has 0 spiro atoms. The smallest absolute Gasteiger partial charge is 0.133 e. The molecule has 4 rings (SSSR count). The average molecular weight is 277 g/mol. The van der Waals surface area contributed by atoms with Gasteiger partial charge in [-0.15, -0.1) is 0 Å². The summed E-state index contributed by atoms with van der Waals surface area (Å²) < 4.78 is 16.6. The molecule has 0 fully saturated rings. The van der Waals surface area contributed by atoms with Crippen molar-refractivity contribution in [2.24, 2.45) is 7.05 Å². The minimum absolute atomic E-state index is 0.232. The highest BCUT2D eigenvalue weighted by Gasteiger charge is 2.14. The number of aromatic nitrogens is 3. The van der Waals surface area contributed by atoms with E-state index < -0.39 is 0 Å². The first-order valence-corrected chi connectivity index (χ1v) is 6.68. The summed E-state index contributed by atoms with van der Waals surface area (Å²) in [5, 5.41) is 1.46. The van der Waals surface area contributed by atoms with Gasteiger partial charge in [0.1, 0.15) is 5.82 Å². The summed E-state index contributed by atoms with van der Waals surface area (Å²) in [4.78, 5) is 8.20. The number of rotatable bonds is 1. The number of nitrogens with zero attached hydrogens (tertiary/aromatic N) is 3. The number of pyridine rings is 2. The Labute approximate surface area is 120 Å². The fourth-order valence-electron chi connectivity index (χ4n) is 2.83. The molecule has 21 heavy (non-hydrogen) atoms. The van der Waals surface area contributed by atoms with Gasteiger partial charge in [0, 0.05) is 48.2 Å². The van der Waals surface area contributed by atoms with Gasteiger partial charge in [0.25, 0.3) is 0 Å². The number of aryl methyl sites for hydroxylation is 1. The van der Waals surface area contributed by atoms with Crippen LogP contribution in [0.25, 0.3) is 32.9 Å². The second-order valence-corrected chi connectivity index (χ2v) is 5.05. The second-order valence-electron chi connectivity index (χ2n) is 5.05. The Morgan fingerprint density at radius 1 is 0.952 bits per heavy atom. The van der Waals surface area contributed by atoms with E-state index in [0.717, 1.165) is 27.5 Å². The molecule has 3 aromatic heterocycles. The molecule has 0 atom stereocenters. The number of hydrogen-bond acceptors (Lipinski definition) is 2. The Hall–Kier alpha value is -2.75. The maximum absolute atomic E-state index is 14.6. The van der Waals surface area contributed by atoms with Gasteiger partial charge >= 0.3 is 0 Å². The molecular weight excluding hydrogens is 265 g/mol. The van der Waals surface area contributed by atoms with Crippen molar-refractivity contribution in [2.75, 3.05) is 0 Å². The number of benzene rings is 1. The Kier molecular flexibility index (Phi) is 2.51. The molecule has 3 nitrogen and oxygen atoms in total. The summed E-state index contributed by atoms with van der Waals surface area (Å²) >= 11 is 0. The van der Waals surface area contributed by atoms with Crippen molar-refractivity contribution in [3.05, 3.63) is 60.9 Å². The lowest BCUT2D eigenvalue weighted by Gasteiger charge is -2.04. The van der Waals surface area contributed by atoms with Crippen LogP contribution in [0.2, 0.25) is 0 Å². The van der Waals surface area contributed by atoms with Crippen molar-refractivity contribution in [3.8, 4) is 11.1 Å². The Bertz CT molecular complexity index is 958. The Morgan fingerprint density at radius 2 is 1.81 bits per heavy atom. The van der Waals surface area contributed by atoms with Crippen LogP contribution in [0.3, 0.4) is 0 Å². The highest BCUT2D eigenvalue weighted by Crippen LogP contribution is 2.33. The van der Waals surface area contributed by atoms with E-state index in [1.165, 1.54) is 0 Å². The highest BCUT2D eigenvalue weighted by molar-refractivity contribution is 6.08. The average Bonchev–Trinajstić information content (AvgIpc) is 2.82. The predicted molar refractivity (Wildman–Crippen MR) is 81.4 cm³/mol. The van der Waals surface area contributed by atoms with Gasteiger partial charge in [0.05, 0.1) is 11.0 Å². The van der Waals surface area contributed by atoms with Crippen LogP contribution in [0.4, 0.5) is 4.39 Å². The minimum atomic E-state index is -0.232. The van der Waals surface area contributed by atoms with Crippen LogP contribution in [0.15, 0.2) is 55.1 Å². The maximum atomic E-state index is 14.6. The minimum Gasteiger partial charge on any atom is -0.343 e. The first-order valence-electron chi connectivity index (χ1n) is 6.68. The van der Waals surface area contributed by atoms with Gasteiger partial charge in [-0.3, -0.25) is 9.97 Å². The molecule has 0 N–H and O–H groups in total. The van der Waals surface area contributed by atoms with Crippen molar-refractivity contribution in [3.63, 3.8) is 0 Å². The quantitative estimate of drug-likeness (QED) is 0.528. The fraction of sp³-hybridized carbons (Fsp3) is 0.0588. The van der Waals surface area contributed by atoms with Crippen molar-refractivity contribution in [1.29, 1.82) is 0 Å². The number of halogens is 1. The molecule has 0 aliphatic carbocycles. The summed E-state index contributed by atoms with van der Waals surface area (Å²) in [6, 6.07) is 9.24. The molecule has 102 valence electrons. The highest BCUT2D eigenvalue weighted by atomic mass is 19.1. The zero-order chi connectivity index (χ0) is 14.4. The van der Waals surface area contributed by atoms with Crippen molar-refractivity contribution < 1.29 is 4.39 Å². The van der Waals surface area contributed by atoms with Crippen molar-refractivity contribution in [2.45, 2.75) is 0 Å². The molecule has 0 radical (unpaired) electrons. The van der Waals surface area contributed by atoms with Crippen LogP contribution in [0.5, 0.6) is 0 Å². The lowest BCUT2D eigenvalue weighted by atomic mass is 10.0. The lowest BCUT2D eigenvalue weighted by Crippen LogP contribution is -1.89. The van der Waals surface area contributed by atoms with Crippen LogP contribution >= 0.6 is 0 Å². The summed E-state index contributed by atoms with van der Waals surface area (Å²) in [6.45, 7) is 0. The SMILES string of the molecule is Cn1c2ccncc2c2c(F)cc(-c3cccnc3)cc21. The van der Waals surface area contributed by atoms with Gasteiger partial charge in [-0.25, -0.2) is 4.39 Å². The van der Waals surface area contributed by atoms with Crippen LogP contribution < -0.4 is 0 Å². The molecule has 0 aliphatic heterocycles. The van der Waals surface area contributed by atoms with Gasteiger partial charge in [0.2, 0.25) is 0 Å². The zero-order valence-electron chi connectivity index (χ0n) is 11.4. The molecule has 0 saturated carbocycles. The number of fused-ring (bicyclic) bond motifs is 3. The van der Waals surface area contributed by atoms with E-state index in [2.05, 4.69) is 9.97 Å².